The van der Waals surface area contributed by atoms with Crippen molar-refractivity contribution in [3.05, 3.63) is 101 Å². The third-order valence-electron chi connectivity index (χ3n) is 8.28. The number of fused-ring (bicyclic) bond motifs is 1. The number of aromatic amines is 2. The lowest BCUT2D eigenvalue weighted by Crippen LogP contribution is -2.33. The number of hydrogen-bond donors (Lipinski definition) is 6. The largest absolute Gasteiger partial charge is 0.508 e. The third kappa shape index (κ3) is 7.60. The molecule has 0 amide bonds. The average Bonchev–Trinajstić information content (AvgIpc) is 3.71. The number of Topliss-reactive ketones (excluding diaryl/α,β-unsaturated/α-hetero) is 2. The topological polar surface area (TPSA) is 148 Å². The molecule has 0 bridgehead atoms. The first-order chi connectivity index (χ1) is 21.3. The van der Waals surface area contributed by atoms with Gasteiger partial charge in [-0.3, -0.25) is 9.59 Å². The van der Waals surface area contributed by atoms with E-state index >= 15 is 0 Å². The maximum absolute atomic E-state index is 14.0. The highest BCUT2D eigenvalue weighted by Gasteiger charge is 2.38. The van der Waals surface area contributed by atoms with Crippen LogP contribution in [0.4, 0.5) is 5.82 Å². The fourth-order valence-corrected chi connectivity index (χ4v) is 6.06. The van der Waals surface area contributed by atoms with Crippen LogP contribution in [0.15, 0.2) is 78.6 Å². The summed E-state index contributed by atoms with van der Waals surface area (Å²) in [5, 5.41) is 34.2. The van der Waals surface area contributed by atoms with Crippen molar-refractivity contribution in [2.24, 2.45) is 5.92 Å². The molecule has 0 saturated carbocycles. The van der Waals surface area contributed by atoms with E-state index in [0.717, 1.165) is 33.8 Å². The van der Waals surface area contributed by atoms with Crippen molar-refractivity contribution in [3.63, 3.8) is 0 Å². The summed E-state index contributed by atoms with van der Waals surface area (Å²) in [4.78, 5) is 33.5. The fraction of sp³-hybridized carbons (Fsp3) is 0.314. The number of phenols is 2. The number of aliphatic hydroxyl groups excluding tert-OH is 1. The van der Waals surface area contributed by atoms with Gasteiger partial charge in [0.05, 0.1) is 19.6 Å². The van der Waals surface area contributed by atoms with Crippen molar-refractivity contribution < 1.29 is 29.6 Å². The van der Waals surface area contributed by atoms with E-state index in [4.69, 9.17) is 4.74 Å². The van der Waals surface area contributed by atoms with Crippen molar-refractivity contribution in [2.45, 2.75) is 50.5 Å². The minimum Gasteiger partial charge on any atom is -0.508 e. The van der Waals surface area contributed by atoms with Crippen LogP contribution in [0.3, 0.4) is 0 Å². The molecule has 230 valence electrons. The Hall–Kier alpha value is -4.76. The summed E-state index contributed by atoms with van der Waals surface area (Å²) in [5.41, 5.74) is 4.46. The Morgan fingerprint density at radius 3 is 2.59 bits per heavy atom. The molecule has 0 aliphatic heterocycles. The number of ketones is 2. The molecule has 9 heteroatoms. The lowest BCUT2D eigenvalue weighted by molar-refractivity contribution is -0.129. The van der Waals surface area contributed by atoms with Gasteiger partial charge in [-0.25, -0.2) is 0 Å². The maximum atomic E-state index is 14.0. The molecule has 44 heavy (non-hydrogen) atoms. The van der Waals surface area contributed by atoms with Crippen LogP contribution in [-0.2, 0) is 22.4 Å². The minimum atomic E-state index is -0.698. The highest BCUT2D eigenvalue weighted by Crippen LogP contribution is 2.42. The van der Waals surface area contributed by atoms with Crippen molar-refractivity contribution in [2.75, 3.05) is 19.0 Å². The Kier molecular flexibility index (Phi) is 9.86. The van der Waals surface area contributed by atoms with Gasteiger partial charge in [0.15, 0.2) is 11.5 Å². The number of aromatic nitrogens is 2. The quantitative estimate of drug-likeness (QED) is 0.0990. The maximum Gasteiger partial charge on any atom is 0.160 e. The van der Waals surface area contributed by atoms with Crippen molar-refractivity contribution in [1.82, 2.24) is 9.97 Å². The number of hydrogen-bond acceptors (Lipinski definition) is 7. The molecule has 1 aliphatic carbocycles. The second-order valence-corrected chi connectivity index (χ2v) is 11.4. The fourth-order valence-electron chi connectivity index (χ4n) is 6.06. The summed E-state index contributed by atoms with van der Waals surface area (Å²) < 4.78 is 5.17. The Bertz CT molecular complexity index is 1610. The number of benzene rings is 2. The van der Waals surface area contributed by atoms with Gasteiger partial charge in [-0.15, -0.1) is 0 Å². The summed E-state index contributed by atoms with van der Waals surface area (Å²) in [7, 11) is 1.47. The van der Waals surface area contributed by atoms with Crippen molar-refractivity contribution in [3.8, 4) is 17.2 Å². The molecule has 6 N–H and O–H groups in total. The van der Waals surface area contributed by atoms with Crippen LogP contribution in [0.5, 0.6) is 17.2 Å². The van der Waals surface area contributed by atoms with Crippen LogP contribution in [0.25, 0.3) is 6.08 Å². The predicted octanol–water partition coefficient (Wildman–Crippen LogP) is 5.52. The zero-order valence-corrected chi connectivity index (χ0v) is 24.8. The molecule has 0 fully saturated rings. The number of methoxy groups -OCH3 is 1. The van der Waals surface area contributed by atoms with E-state index in [1.54, 1.807) is 30.3 Å². The van der Waals surface area contributed by atoms with Gasteiger partial charge < -0.3 is 35.3 Å². The summed E-state index contributed by atoms with van der Waals surface area (Å²) in [6, 6.07) is 17.7. The van der Waals surface area contributed by atoms with Gasteiger partial charge in [-0.2, -0.15) is 0 Å². The molecule has 1 aliphatic rings. The first kappa shape index (κ1) is 30.7. The summed E-state index contributed by atoms with van der Waals surface area (Å²) in [6.45, 7) is 0.396. The molecular formula is C35H39N3O6. The van der Waals surface area contributed by atoms with Crippen molar-refractivity contribution >= 4 is 23.5 Å². The number of carbonyl (C=O) groups excluding carboxylic acids is 2. The van der Waals surface area contributed by atoms with Crippen LogP contribution in [-0.4, -0.2) is 56.6 Å². The van der Waals surface area contributed by atoms with Crippen LogP contribution < -0.4 is 10.1 Å². The normalized spacial score (nSPS) is 16.5. The average molecular weight is 598 g/mol. The second-order valence-electron chi connectivity index (χ2n) is 11.4. The number of anilines is 1. The van der Waals surface area contributed by atoms with E-state index in [0.29, 0.717) is 38.0 Å². The SMILES string of the molecule is COc1cc(CCC(=O)CC(=O)[C@@H]2C(CNc3ccc[nH]3)=Cc3[nH]ccc3[C@H]2C[C@H](O)CCc2cccc(O)c2)ccc1O. The Balaban J connectivity index is 1.32. The number of rotatable bonds is 15. The van der Waals surface area contributed by atoms with E-state index in [2.05, 4.69) is 15.3 Å². The number of ether oxygens (including phenoxy) is 1. The lowest BCUT2D eigenvalue weighted by atomic mass is 9.71. The first-order valence-corrected chi connectivity index (χ1v) is 14.9. The van der Waals surface area contributed by atoms with Crippen LogP contribution in [0, 0.1) is 5.92 Å². The molecule has 2 aromatic carbocycles. The zero-order valence-electron chi connectivity index (χ0n) is 24.8. The monoisotopic (exact) mass is 597 g/mol. The van der Waals surface area contributed by atoms with Gasteiger partial charge in [0.1, 0.15) is 23.1 Å². The Morgan fingerprint density at radius 2 is 1.82 bits per heavy atom. The van der Waals surface area contributed by atoms with E-state index in [9.17, 15) is 24.9 Å². The molecular weight excluding hydrogens is 558 g/mol. The van der Waals surface area contributed by atoms with Gasteiger partial charge in [0.25, 0.3) is 0 Å². The smallest absolute Gasteiger partial charge is 0.160 e. The number of aliphatic hydroxyl groups is 1. The van der Waals surface area contributed by atoms with E-state index in [1.165, 1.54) is 13.2 Å². The molecule has 5 rings (SSSR count). The number of phenolic OH excluding ortho intramolecular Hbond substituents is 2. The van der Waals surface area contributed by atoms with Gasteiger partial charge in [0.2, 0.25) is 0 Å². The van der Waals surface area contributed by atoms with Gasteiger partial charge >= 0.3 is 0 Å². The van der Waals surface area contributed by atoms with Gasteiger partial charge in [0, 0.05) is 42.9 Å². The molecule has 2 heterocycles. The van der Waals surface area contributed by atoms with E-state index in [-0.39, 0.29) is 41.8 Å². The molecule has 0 saturated heterocycles. The van der Waals surface area contributed by atoms with Gasteiger partial charge in [-0.05, 0) is 96.5 Å². The molecule has 9 nitrogen and oxygen atoms in total. The number of carbonyl (C=O) groups is 2. The lowest BCUT2D eigenvalue weighted by Gasteiger charge is -2.33. The molecule has 3 atom stereocenters. The predicted molar refractivity (Wildman–Crippen MR) is 169 cm³/mol. The molecule has 2 aromatic heterocycles. The van der Waals surface area contributed by atoms with E-state index in [1.807, 2.05) is 42.7 Å². The number of aromatic hydroxyl groups is 2. The molecule has 0 spiro atoms. The minimum absolute atomic E-state index is 0.0293. The Morgan fingerprint density at radius 1 is 0.977 bits per heavy atom. The van der Waals surface area contributed by atoms with Gasteiger partial charge in [-0.1, -0.05) is 18.2 Å². The highest BCUT2D eigenvalue weighted by molar-refractivity contribution is 6.02. The first-order valence-electron chi connectivity index (χ1n) is 14.9. The second kappa shape index (κ2) is 14.1. The molecule has 0 radical (unpaired) electrons. The number of H-pyrrole nitrogens is 2. The number of aryl methyl sites for hydroxylation is 2. The molecule has 0 unspecified atom stereocenters. The zero-order chi connectivity index (χ0) is 31.1. The standard InChI is InChI=1S/C35H39N3O6/c1-44-33-17-23(9-12-31(33)42)8-11-27(41)20-32(43)35-24(21-38-34-6-3-14-37-34)18-30-28(13-15-36-30)29(35)19-26(40)10-7-22-4-2-5-25(39)16-22/h2-6,9,12-18,26,29,35-40,42H,7-8,10-11,19-21H2,1H3/t26-,29-,35-/m1/s1. The summed E-state index contributed by atoms with van der Waals surface area (Å²) in [5.74, 6) is 0.128. The molecule has 4 aromatic rings. The van der Waals surface area contributed by atoms with Crippen LogP contribution >= 0.6 is 0 Å². The Labute approximate surface area is 256 Å². The van der Waals surface area contributed by atoms with Crippen LogP contribution in [0.1, 0.15) is 54.0 Å². The van der Waals surface area contributed by atoms with Crippen LogP contribution in [0.2, 0.25) is 0 Å². The van der Waals surface area contributed by atoms with E-state index < -0.39 is 12.0 Å². The summed E-state index contributed by atoms with van der Waals surface area (Å²) >= 11 is 0. The summed E-state index contributed by atoms with van der Waals surface area (Å²) in [6.07, 6.45) is 6.73. The third-order valence-corrected chi connectivity index (χ3v) is 8.28. The van der Waals surface area contributed by atoms with Crippen molar-refractivity contribution in [1.29, 1.82) is 0 Å². The number of nitrogens with one attached hydrogen (secondary N) is 3. The highest BCUT2D eigenvalue weighted by atomic mass is 16.5.